The lowest BCUT2D eigenvalue weighted by atomic mass is 9.98. The lowest BCUT2D eigenvalue weighted by molar-refractivity contribution is -0.144. The number of carboxylic acids is 1. The standard InChI is InChI=1S/C25H24N4O5S/c1-28-10-11-29(12-21(28)23(31)32)22(30)20-14-35-24(26-20)27-25(33)34-13-19-17-8-4-2-6-15(17)16-7-3-5-9-18(16)19/h2-9,14,19,21H,10-13H2,1H3,(H,31,32)(H,26,27,33). The van der Waals surface area contributed by atoms with E-state index in [2.05, 4.69) is 22.4 Å². The third kappa shape index (κ3) is 4.50. The maximum Gasteiger partial charge on any atom is 0.413 e. The lowest BCUT2D eigenvalue weighted by Crippen LogP contribution is -2.56. The first-order chi connectivity index (χ1) is 16.9. The van der Waals surface area contributed by atoms with Crippen molar-refractivity contribution in [3.05, 3.63) is 70.7 Å². The molecular formula is C25H24N4O5S. The van der Waals surface area contributed by atoms with E-state index in [-0.39, 0.29) is 35.8 Å². The van der Waals surface area contributed by atoms with Crippen LogP contribution in [-0.2, 0) is 9.53 Å². The molecule has 1 aliphatic carbocycles. The Morgan fingerprint density at radius 2 is 1.74 bits per heavy atom. The number of fused-ring (bicyclic) bond motifs is 3. The number of benzene rings is 2. The number of likely N-dealkylation sites (N-methyl/N-ethyl adjacent to an activating group) is 1. The van der Waals surface area contributed by atoms with Crippen LogP contribution >= 0.6 is 11.3 Å². The molecule has 0 bridgehead atoms. The van der Waals surface area contributed by atoms with E-state index < -0.39 is 18.1 Å². The second kappa shape index (κ2) is 9.47. The third-order valence-electron chi connectivity index (χ3n) is 6.50. The van der Waals surface area contributed by atoms with Gasteiger partial charge in [-0.1, -0.05) is 48.5 Å². The van der Waals surface area contributed by atoms with E-state index >= 15 is 0 Å². The van der Waals surface area contributed by atoms with Gasteiger partial charge in [0.05, 0.1) is 0 Å². The molecule has 1 aromatic heterocycles. The highest BCUT2D eigenvalue weighted by atomic mass is 32.1. The molecule has 1 aliphatic heterocycles. The second-order valence-electron chi connectivity index (χ2n) is 8.57. The fourth-order valence-electron chi connectivity index (χ4n) is 4.64. The van der Waals surface area contributed by atoms with Gasteiger partial charge in [-0.3, -0.25) is 19.8 Å². The van der Waals surface area contributed by atoms with Crippen LogP contribution in [0, 0.1) is 0 Å². The van der Waals surface area contributed by atoms with Crippen LogP contribution in [0.1, 0.15) is 27.5 Å². The largest absolute Gasteiger partial charge is 0.480 e. The molecule has 2 amide bonds. The molecule has 10 heteroatoms. The smallest absolute Gasteiger partial charge is 0.413 e. The Hall–Kier alpha value is -3.76. The number of rotatable bonds is 5. The maximum atomic E-state index is 12.8. The molecule has 180 valence electrons. The zero-order chi connectivity index (χ0) is 24.5. The number of anilines is 1. The van der Waals surface area contributed by atoms with Gasteiger partial charge < -0.3 is 14.7 Å². The Bertz CT molecular complexity index is 1250. The van der Waals surface area contributed by atoms with Crippen molar-refractivity contribution in [1.82, 2.24) is 14.8 Å². The molecule has 0 saturated carbocycles. The van der Waals surface area contributed by atoms with Gasteiger partial charge >= 0.3 is 12.1 Å². The van der Waals surface area contributed by atoms with Crippen LogP contribution in [0.5, 0.6) is 0 Å². The predicted molar refractivity (Wildman–Crippen MR) is 131 cm³/mol. The average molecular weight is 493 g/mol. The highest BCUT2D eigenvalue weighted by Crippen LogP contribution is 2.44. The fraction of sp³-hybridized carbons (Fsp3) is 0.280. The van der Waals surface area contributed by atoms with Crippen molar-refractivity contribution in [1.29, 1.82) is 0 Å². The number of nitrogens with one attached hydrogen (secondary N) is 1. The summed E-state index contributed by atoms with van der Waals surface area (Å²) >= 11 is 1.12. The summed E-state index contributed by atoms with van der Waals surface area (Å²) < 4.78 is 5.53. The number of aliphatic carboxylic acids is 1. The van der Waals surface area contributed by atoms with Crippen LogP contribution in [-0.4, -0.2) is 77.2 Å². The van der Waals surface area contributed by atoms with E-state index in [1.54, 1.807) is 17.3 Å². The van der Waals surface area contributed by atoms with E-state index in [1.807, 2.05) is 36.4 Å². The number of carbonyl (C=O) groups is 3. The zero-order valence-corrected chi connectivity index (χ0v) is 19.8. The molecule has 1 fully saturated rings. The van der Waals surface area contributed by atoms with E-state index in [4.69, 9.17) is 4.74 Å². The summed E-state index contributed by atoms with van der Waals surface area (Å²) in [6.45, 7) is 1.12. The monoisotopic (exact) mass is 492 g/mol. The molecule has 2 aromatic carbocycles. The summed E-state index contributed by atoms with van der Waals surface area (Å²) in [7, 11) is 1.72. The van der Waals surface area contributed by atoms with E-state index in [0.29, 0.717) is 13.1 Å². The number of amides is 2. The number of hydrogen-bond donors (Lipinski definition) is 2. The van der Waals surface area contributed by atoms with Crippen LogP contribution < -0.4 is 5.32 Å². The Morgan fingerprint density at radius 3 is 2.40 bits per heavy atom. The highest BCUT2D eigenvalue weighted by molar-refractivity contribution is 7.14. The minimum absolute atomic E-state index is 0.0546. The number of aromatic nitrogens is 1. The van der Waals surface area contributed by atoms with Gasteiger partial charge in [0.25, 0.3) is 5.91 Å². The van der Waals surface area contributed by atoms with Gasteiger partial charge in [0.2, 0.25) is 0 Å². The summed E-state index contributed by atoms with van der Waals surface area (Å²) in [5.74, 6) is -1.39. The van der Waals surface area contributed by atoms with Crippen molar-refractivity contribution >= 4 is 34.4 Å². The molecule has 1 unspecified atom stereocenters. The van der Waals surface area contributed by atoms with Gasteiger partial charge in [-0.15, -0.1) is 11.3 Å². The molecule has 1 saturated heterocycles. The average Bonchev–Trinajstić information content (AvgIpc) is 3.45. The number of ether oxygens (including phenoxy) is 1. The highest BCUT2D eigenvalue weighted by Gasteiger charge is 2.33. The van der Waals surface area contributed by atoms with E-state index in [0.717, 1.165) is 33.6 Å². The van der Waals surface area contributed by atoms with Gasteiger partial charge in [0.1, 0.15) is 18.3 Å². The topological polar surface area (TPSA) is 112 Å². The minimum Gasteiger partial charge on any atom is -0.480 e. The summed E-state index contributed by atoms with van der Waals surface area (Å²) in [5, 5.41) is 13.8. The molecule has 2 N–H and O–H groups in total. The van der Waals surface area contributed by atoms with Crippen LogP contribution in [0.15, 0.2) is 53.9 Å². The number of hydrogen-bond acceptors (Lipinski definition) is 7. The van der Waals surface area contributed by atoms with Crippen molar-refractivity contribution in [3.8, 4) is 11.1 Å². The minimum atomic E-state index is -0.971. The van der Waals surface area contributed by atoms with Gasteiger partial charge in [-0.25, -0.2) is 9.78 Å². The molecule has 0 radical (unpaired) electrons. The number of thiazole rings is 1. The Balaban J connectivity index is 1.20. The molecule has 2 aliphatic rings. The molecule has 0 spiro atoms. The first kappa shape index (κ1) is 23.0. The van der Waals surface area contributed by atoms with Crippen molar-refractivity contribution in [2.24, 2.45) is 0 Å². The van der Waals surface area contributed by atoms with Crippen molar-refractivity contribution in [2.45, 2.75) is 12.0 Å². The van der Waals surface area contributed by atoms with Crippen LogP contribution in [0.25, 0.3) is 11.1 Å². The van der Waals surface area contributed by atoms with E-state index in [1.165, 1.54) is 4.90 Å². The molecule has 2 heterocycles. The van der Waals surface area contributed by atoms with Gasteiger partial charge in [-0.05, 0) is 29.3 Å². The Labute approximate surface area is 206 Å². The summed E-state index contributed by atoms with van der Waals surface area (Å²) in [4.78, 5) is 44.2. The van der Waals surface area contributed by atoms with E-state index in [9.17, 15) is 19.5 Å². The van der Waals surface area contributed by atoms with Gasteiger partial charge in [0.15, 0.2) is 5.13 Å². The van der Waals surface area contributed by atoms with Crippen LogP contribution in [0.3, 0.4) is 0 Å². The first-order valence-corrected chi connectivity index (χ1v) is 12.1. The molecule has 35 heavy (non-hydrogen) atoms. The fourth-order valence-corrected chi connectivity index (χ4v) is 5.31. The van der Waals surface area contributed by atoms with Crippen LogP contribution in [0.4, 0.5) is 9.93 Å². The molecule has 9 nitrogen and oxygen atoms in total. The van der Waals surface area contributed by atoms with Gasteiger partial charge in [0, 0.05) is 30.9 Å². The predicted octanol–water partition coefficient (Wildman–Crippen LogP) is 3.34. The zero-order valence-electron chi connectivity index (χ0n) is 19.0. The SMILES string of the molecule is CN1CCN(C(=O)c2csc(NC(=O)OCC3c4ccccc4-c4ccccc43)n2)CC1C(=O)O. The van der Waals surface area contributed by atoms with Crippen molar-refractivity contribution in [2.75, 3.05) is 38.6 Å². The molecule has 5 rings (SSSR count). The number of carbonyl (C=O) groups excluding carboxylic acids is 2. The third-order valence-corrected chi connectivity index (χ3v) is 7.25. The summed E-state index contributed by atoms with van der Waals surface area (Å²) in [6.07, 6.45) is -0.647. The Morgan fingerprint density at radius 1 is 1.09 bits per heavy atom. The van der Waals surface area contributed by atoms with Crippen LogP contribution in [0.2, 0.25) is 0 Å². The van der Waals surface area contributed by atoms with Crippen molar-refractivity contribution < 1.29 is 24.2 Å². The molecule has 3 aromatic rings. The molecular weight excluding hydrogens is 468 g/mol. The van der Waals surface area contributed by atoms with Gasteiger partial charge in [-0.2, -0.15) is 0 Å². The normalized spacial score (nSPS) is 17.5. The number of piperazine rings is 1. The number of nitrogens with zero attached hydrogens (tertiary/aromatic N) is 3. The number of carboxylic acid groups (broad SMARTS) is 1. The molecule has 1 atom stereocenters. The summed E-state index contributed by atoms with van der Waals surface area (Å²) in [6, 6.07) is 15.4. The first-order valence-electron chi connectivity index (χ1n) is 11.2. The summed E-state index contributed by atoms with van der Waals surface area (Å²) in [5.41, 5.74) is 4.70. The second-order valence-corrected chi connectivity index (χ2v) is 9.43. The lowest BCUT2D eigenvalue weighted by Gasteiger charge is -2.36. The van der Waals surface area contributed by atoms with Crippen molar-refractivity contribution in [3.63, 3.8) is 0 Å². The maximum absolute atomic E-state index is 12.8. The Kier molecular flexibility index (Phi) is 6.23. The quantitative estimate of drug-likeness (QED) is 0.562.